The Balaban J connectivity index is 2.49. The SMILES string of the molecule is CCCCCCCCN1C(=O)C(C(C)CC)NC(=O)C1C. The molecule has 0 radical (unpaired) electrons. The van der Waals surface area contributed by atoms with Gasteiger partial charge < -0.3 is 10.2 Å². The van der Waals surface area contributed by atoms with Gasteiger partial charge in [-0.2, -0.15) is 0 Å². The van der Waals surface area contributed by atoms with Crippen LogP contribution in [-0.2, 0) is 9.59 Å². The lowest BCUT2D eigenvalue weighted by molar-refractivity contribution is -0.150. The van der Waals surface area contributed by atoms with Gasteiger partial charge in [-0.05, 0) is 19.3 Å². The summed E-state index contributed by atoms with van der Waals surface area (Å²) in [6.07, 6.45) is 8.08. The van der Waals surface area contributed by atoms with Crippen LogP contribution in [0.1, 0.15) is 72.6 Å². The van der Waals surface area contributed by atoms with E-state index >= 15 is 0 Å². The Labute approximate surface area is 129 Å². The molecule has 1 heterocycles. The highest BCUT2D eigenvalue weighted by Gasteiger charge is 2.39. The summed E-state index contributed by atoms with van der Waals surface area (Å²) in [5.74, 6) is 0.289. The maximum atomic E-state index is 12.6. The zero-order chi connectivity index (χ0) is 15.8. The largest absolute Gasteiger partial charge is 0.342 e. The van der Waals surface area contributed by atoms with Crippen LogP contribution >= 0.6 is 0 Å². The van der Waals surface area contributed by atoms with Crippen molar-refractivity contribution >= 4 is 11.8 Å². The summed E-state index contributed by atoms with van der Waals surface area (Å²) < 4.78 is 0. The normalized spacial score (nSPS) is 24.1. The number of nitrogens with zero attached hydrogens (tertiary/aromatic N) is 1. The van der Waals surface area contributed by atoms with Crippen molar-refractivity contribution in [3.8, 4) is 0 Å². The molecule has 0 saturated carbocycles. The van der Waals surface area contributed by atoms with Crippen molar-refractivity contribution in [3.05, 3.63) is 0 Å². The van der Waals surface area contributed by atoms with Gasteiger partial charge in [-0.1, -0.05) is 59.3 Å². The van der Waals surface area contributed by atoms with Gasteiger partial charge in [0.1, 0.15) is 12.1 Å². The quantitative estimate of drug-likeness (QED) is 0.665. The van der Waals surface area contributed by atoms with E-state index < -0.39 is 0 Å². The molecule has 0 aromatic rings. The summed E-state index contributed by atoms with van der Waals surface area (Å²) in [5.41, 5.74) is 0. The Kier molecular flexibility index (Phi) is 7.76. The zero-order valence-corrected chi connectivity index (χ0v) is 14.2. The van der Waals surface area contributed by atoms with Gasteiger partial charge in [-0.25, -0.2) is 0 Å². The summed E-state index contributed by atoms with van der Waals surface area (Å²) >= 11 is 0. The summed E-state index contributed by atoms with van der Waals surface area (Å²) in [4.78, 5) is 26.4. The van der Waals surface area contributed by atoms with Crippen molar-refractivity contribution in [1.82, 2.24) is 10.2 Å². The molecular formula is C17H32N2O2. The van der Waals surface area contributed by atoms with E-state index in [9.17, 15) is 9.59 Å². The maximum Gasteiger partial charge on any atom is 0.246 e. The van der Waals surface area contributed by atoms with Crippen LogP contribution in [-0.4, -0.2) is 35.3 Å². The fourth-order valence-electron chi connectivity index (χ4n) is 2.83. The van der Waals surface area contributed by atoms with Crippen molar-refractivity contribution < 1.29 is 9.59 Å². The van der Waals surface area contributed by atoms with Crippen LogP contribution in [0.4, 0.5) is 0 Å². The van der Waals surface area contributed by atoms with Gasteiger partial charge >= 0.3 is 0 Å². The molecule has 4 nitrogen and oxygen atoms in total. The van der Waals surface area contributed by atoms with E-state index in [-0.39, 0.29) is 29.8 Å². The molecule has 0 aliphatic carbocycles. The van der Waals surface area contributed by atoms with Crippen LogP contribution < -0.4 is 5.32 Å². The van der Waals surface area contributed by atoms with Gasteiger partial charge in [-0.15, -0.1) is 0 Å². The molecule has 1 aliphatic heterocycles. The third kappa shape index (κ3) is 5.01. The number of nitrogens with one attached hydrogen (secondary N) is 1. The number of amides is 2. The number of piperazine rings is 1. The number of hydrogen-bond acceptors (Lipinski definition) is 2. The highest BCUT2D eigenvalue weighted by Crippen LogP contribution is 2.18. The molecule has 1 aliphatic rings. The Morgan fingerprint density at radius 2 is 1.71 bits per heavy atom. The summed E-state index contributed by atoms with van der Waals surface area (Å²) in [6, 6.07) is -0.660. The van der Waals surface area contributed by atoms with E-state index in [4.69, 9.17) is 0 Å². The van der Waals surface area contributed by atoms with E-state index in [1.54, 1.807) is 4.90 Å². The Morgan fingerprint density at radius 1 is 1.10 bits per heavy atom. The minimum atomic E-state index is -0.334. The Hall–Kier alpha value is -1.06. The fourth-order valence-corrected chi connectivity index (χ4v) is 2.83. The highest BCUT2D eigenvalue weighted by molar-refractivity contribution is 5.96. The van der Waals surface area contributed by atoms with E-state index in [2.05, 4.69) is 19.2 Å². The van der Waals surface area contributed by atoms with E-state index in [0.29, 0.717) is 6.54 Å². The monoisotopic (exact) mass is 296 g/mol. The fraction of sp³-hybridized carbons (Fsp3) is 0.882. The van der Waals surface area contributed by atoms with Crippen LogP contribution in [0.2, 0.25) is 0 Å². The molecule has 1 rings (SSSR count). The van der Waals surface area contributed by atoms with Gasteiger partial charge in [0, 0.05) is 6.54 Å². The van der Waals surface area contributed by atoms with Crippen molar-refractivity contribution in [3.63, 3.8) is 0 Å². The average molecular weight is 296 g/mol. The Morgan fingerprint density at radius 3 is 2.33 bits per heavy atom. The summed E-state index contributed by atoms with van der Waals surface area (Å²) in [6.45, 7) is 8.84. The molecule has 122 valence electrons. The third-order valence-electron chi connectivity index (χ3n) is 4.66. The number of hydrogen-bond donors (Lipinski definition) is 1. The summed E-state index contributed by atoms with van der Waals surface area (Å²) in [5, 5.41) is 2.88. The first kappa shape index (κ1) is 18.0. The van der Waals surface area contributed by atoms with Gasteiger partial charge in [0.05, 0.1) is 0 Å². The second kappa shape index (κ2) is 9.06. The van der Waals surface area contributed by atoms with E-state index in [0.717, 1.165) is 19.3 Å². The number of unbranched alkanes of at least 4 members (excludes halogenated alkanes) is 5. The first-order chi connectivity index (χ1) is 10.0. The molecule has 1 fully saturated rings. The lowest BCUT2D eigenvalue weighted by atomic mass is 9.94. The molecule has 3 unspecified atom stereocenters. The molecule has 4 heteroatoms. The first-order valence-corrected chi connectivity index (χ1v) is 8.63. The van der Waals surface area contributed by atoms with Crippen molar-refractivity contribution in [2.75, 3.05) is 6.54 Å². The van der Waals surface area contributed by atoms with Gasteiger partial charge in [0.25, 0.3) is 0 Å². The van der Waals surface area contributed by atoms with Crippen molar-refractivity contribution in [1.29, 1.82) is 0 Å². The molecule has 3 atom stereocenters. The molecular weight excluding hydrogens is 264 g/mol. The molecule has 1 N–H and O–H groups in total. The standard InChI is InChI=1S/C17H32N2O2/c1-5-7-8-9-10-11-12-19-14(4)16(20)18-15(17(19)21)13(3)6-2/h13-15H,5-12H2,1-4H3,(H,18,20). The summed E-state index contributed by atoms with van der Waals surface area (Å²) in [7, 11) is 0. The smallest absolute Gasteiger partial charge is 0.246 e. The van der Waals surface area contributed by atoms with Crippen LogP contribution in [0.25, 0.3) is 0 Å². The Bertz CT molecular complexity index is 344. The molecule has 0 aromatic heterocycles. The topological polar surface area (TPSA) is 49.4 Å². The van der Waals surface area contributed by atoms with Crippen molar-refractivity contribution in [2.45, 2.75) is 84.7 Å². The molecule has 0 aromatic carbocycles. The van der Waals surface area contributed by atoms with Gasteiger partial charge in [0.15, 0.2) is 0 Å². The first-order valence-electron chi connectivity index (χ1n) is 8.63. The van der Waals surface area contributed by atoms with Crippen LogP contribution in [0.15, 0.2) is 0 Å². The van der Waals surface area contributed by atoms with Gasteiger partial charge in [0.2, 0.25) is 11.8 Å². The van der Waals surface area contributed by atoms with Crippen LogP contribution in [0.5, 0.6) is 0 Å². The molecule has 0 spiro atoms. The number of carbonyl (C=O) groups excluding carboxylic acids is 2. The minimum Gasteiger partial charge on any atom is -0.342 e. The number of carbonyl (C=O) groups is 2. The lowest BCUT2D eigenvalue weighted by Gasteiger charge is -2.39. The predicted molar refractivity (Wildman–Crippen MR) is 85.9 cm³/mol. The predicted octanol–water partition coefficient (Wildman–Crippen LogP) is 3.11. The van der Waals surface area contributed by atoms with Crippen LogP contribution in [0, 0.1) is 5.92 Å². The van der Waals surface area contributed by atoms with E-state index in [1.807, 2.05) is 13.8 Å². The average Bonchev–Trinajstić information content (AvgIpc) is 2.48. The minimum absolute atomic E-state index is 0.00844. The van der Waals surface area contributed by atoms with Crippen molar-refractivity contribution in [2.24, 2.45) is 5.92 Å². The number of rotatable bonds is 9. The molecule has 1 saturated heterocycles. The molecule has 2 amide bonds. The maximum absolute atomic E-state index is 12.6. The van der Waals surface area contributed by atoms with Crippen LogP contribution in [0.3, 0.4) is 0 Å². The van der Waals surface area contributed by atoms with Gasteiger partial charge in [-0.3, -0.25) is 9.59 Å². The lowest BCUT2D eigenvalue weighted by Crippen LogP contribution is -2.64. The second-order valence-corrected chi connectivity index (χ2v) is 6.35. The molecule has 0 bridgehead atoms. The zero-order valence-electron chi connectivity index (χ0n) is 14.2. The van der Waals surface area contributed by atoms with E-state index in [1.165, 1.54) is 25.7 Å². The molecule has 21 heavy (non-hydrogen) atoms. The second-order valence-electron chi connectivity index (χ2n) is 6.35. The highest BCUT2D eigenvalue weighted by atomic mass is 16.2. The third-order valence-corrected chi connectivity index (χ3v) is 4.66.